The third-order valence-electron chi connectivity index (χ3n) is 1.87. The zero-order chi connectivity index (χ0) is 9.84. The standard InChI is InChI=1S/C9H6GeO3/c10-9-2-1-6(3-11)7(4-12)8(9)5-13/h1-2,9H,10H3. The summed E-state index contributed by atoms with van der Waals surface area (Å²) in [6.07, 6.45) is 3.23. The Bertz CT molecular complexity index is 414. The van der Waals surface area contributed by atoms with E-state index in [-0.39, 0.29) is 21.5 Å². The van der Waals surface area contributed by atoms with Crippen LogP contribution < -0.4 is 0 Å². The fourth-order valence-corrected chi connectivity index (χ4v) is 2.39. The zero-order valence-corrected chi connectivity index (χ0v) is 11.2. The molecule has 0 heterocycles. The van der Waals surface area contributed by atoms with Crippen LogP contribution in [0.2, 0.25) is 4.75 Å². The van der Waals surface area contributed by atoms with Crippen LogP contribution in [-0.4, -0.2) is 34.3 Å². The first kappa shape index (κ1) is 9.72. The topological polar surface area (TPSA) is 51.2 Å². The molecule has 13 heavy (non-hydrogen) atoms. The fourth-order valence-electron chi connectivity index (χ4n) is 1.13. The molecule has 0 aliphatic heterocycles. The molecular weight excluding hydrogens is 229 g/mol. The molecule has 0 aromatic heterocycles. The molecule has 0 fully saturated rings. The predicted molar refractivity (Wildman–Crippen MR) is 50.4 cm³/mol. The molecule has 0 bridgehead atoms. The summed E-state index contributed by atoms with van der Waals surface area (Å²) in [7, 11) is 0. The average Bonchev–Trinajstić information content (AvgIpc) is 2.17. The van der Waals surface area contributed by atoms with Crippen LogP contribution in [0.15, 0.2) is 28.9 Å². The molecule has 1 atom stereocenters. The number of allylic oxidation sites excluding steroid dienone is 5. The van der Waals surface area contributed by atoms with Crippen LogP contribution in [0.3, 0.4) is 0 Å². The molecule has 1 aliphatic rings. The summed E-state index contributed by atoms with van der Waals surface area (Å²) in [5, 5.41) is 0. The Kier molecular flexibility index (Phi) is 3.02. The summed E-state index contributed by atoms with van der Waals surface area (Å²) in [5.74, 6) is 4.86. The van der Waals surface area contributed by atoms with E-state index in [2.05, 4.69) is 0 Å². The van der Waals surface area contributed by atoms with Gasteiger partial charge in [-0.05, 0) is 0 Å². The third kappa shape index (κ3) is 1.69. The Balaban J connectivity index is 3.46. The van der Waals surface area contributed by atoms with Gasteiger partial charge >= 0.3 is 82.3 Å². The molecule has 0 spiro atoms. The Labute approximate surface area is 82.7 Å². The molecular formula is C9H6GeO3. The van der Waals surface area contributed by atoms with Gasteiger partial charge in [-0.15, -0.1) is 0 Å². The summed E-state index contributed by atoms with van der Waals surface area (Å²) in [6, 6.07) is 0. The summed E-state index contributed by atoms with van der Waals surface area (Å²) >= 11 is 0.340. The molecule has 1 unspecified atom stereocenters. The molecule has 0 radical (unpaired) electrons. The zero-order valence-electron chi connectivity index (χ0n) is 6.96. The van der Waals surface area contributed by atoms with Crippen LogP contribution in [0.5, 0.6) is 0 Å². The van der Waals surface area contributed by atoms with E-state index in [0.29, 0.717) is 16.5 Å². The summed E-state index contributed by atoms with van der Waals surface area (Å²) < 4.78 is -0.0152. The van der Waals surface area contributed by atoms with Gasteiger partial charge in [0.25, 0.3) is 0 Å². The van der Waals surface area contributed by atoms with Gasteiger partial charge in [0.1, 0.15) is 0 Å². The van der Waals surface area contributed by atoms with E-state index in [1.54, 1.807) is 23.9 Å². The van der Waals surface area contributed by atoms with E-state index in [0.717, 1.165) is 0 Å². The van der Waals surface area contributed by atoms with E-state index in [1.807, 2.05) is 0 Å². The van der Waals surface area contributed by atoms with Crippen molar-refractivity contribution in [3.05, 3.63) is 28.9 Å². The Morgan fingerprint density at radius 2 is 1.85 bits per heavy atom. The average molecular weight is 235 g/mol. The van der Waals surface area contributed by atoms with Crippen LogP contribution in [0.25, 0.3) is 0 Å². The molecule has 0 saturated heterocycles. The van der Waals surface area contributed by atoms with Gasteiger partial charge in [0, 0.05) is 0 Å². The minimum absolute atomic E-state index is 0.0152. The third-order valence-corrected chi connectivity index (χ3v) is 3.89. The molecule has 64 valence electrons. The summed E-state index contributed by atoms with van der Waals surface area (Å²) in [5.41, 5.74) is 0.357. The van der Waals surface area contributed by atoms with E-state index >= 15 is 0 Å². The van der Waals surface area contributed by atoms with Crippen LogP contribution in [0, 0.1) is 0 Å². The van der Waals surface area contributed by atoms with E-state index < -0.39 is 0 Å². The monoisotopic (exact) mass is 236 g/mol. The quantitative estimate of drug-likeness (QED) is 0.399. The Hall–Kier alpha value is -1.37. The van der Waals surface area contributed by atoms with Gasteiger partial charge in [-0.2, -0.15) is 0 Å². The van der Waals surface area contributed by atoms with Crippen molar-refractivity contribution in [2.45, 2.75) is 4.75 Å². The van der Waals surface area contributed by atoms with Crippen molar-refractivity contribution in [3.63, 3.8) is 0 Å². The SMILES string of the molecule is O=C=C1C=C[CH]([GeH3])C(=C=O)C1=C=O. The molecule has 0 N–H and O–H groups in total. The number of carbonyl (C=O) groups excluding carboxylic acids is 3. The van der Waals surface area contributed by atoms with Crippen molar-refractivity contribution in [1.29, 1.82) is 0 Å². The molecule has 4 heteroatoms. The molecule has 1 rings (SSSR count). The minimum atomic E-state index is -0.0152. The molecule has 1 aliphatic carbocycles. The maximum absolute atomic E-state index is 10.5. The number of rotatable bonds is 0. The van der Waals surface area contributed by atoms with Crippen molar-refractivity contribution in [2.75, 3.05) is 0 Å². The number of hydrogen-bond donors (Lipinski definition) is 0. The van der Waals surface area contributed by atoms with Crippen LogP contribution in [0.4, 0.5) is 0 Å². The normalized spacial score (nSPS) is 20.9. The predicted octanol–water partition coefficient (Wildman–Crippen LogP) is -1.02. The van der Waals surface area contributed by atoms with Gasteiger partial charge < -0.3 is 0 Å². The second-order valence-electron chi connectivity index (χ2n) is 2.66. The van der Waals surface area contributed by atoms with Gasteiger partial charge in [0.05, 0.1) is 0 Å². The van der Waals surface area contributed by atoms with Gasteiger partial charge in [0.15, 0.2) is 0 Å². The Morgan fingerprint density at radius 3 is 2.31 bits per heavy atom. The first-order valence-corrected chi connectivity index (χ1v) is 6.11. The van der Waals surface area contributed by atoms with Gasteiger partial charge in [0.2, 0.25) is 0 Å². The second kappa shape index (κ2) is 4.04. The van der Waals surface area contributed by atoms with Gasteiger partial charge in [-0.1, -0.05) is 0 Å². The molecule has 3 nitrogen and oxygen atoms in total. The van der Waals surface area contributed by atoms with Crippen LogP contribution >= 0.6 is 0 Å². The molecule has 0 aromatic carbocycles. The molecule has 0 saturated carbocycles. The first-order valence-electron chi connectivity index (χ1n) is 3.68. The van der Waals surface area contributed by atoms with Crippen LogP contribution in [0.1, 0.15) is 0 Å². The van der Waals surface area contributed by atoms with E-state index in [4.69, 9.17) is 0 Å². The molecule has 0 amide bonds. The van der Waals surface area contributed by atoms with Crippen molar-refractivity contribution in [2.24, 2.45) is 0 Å². The fraction of sp³-hybridized carbons (Fsp3) is 0.111. The molecule has 0 aromatic rings. The maximum atomic E-state index is 10.5. The number of hydrogen-bond acceptors (Lipinski definition) is 3. The van der Waals surface area contributed by atoms with Crippen molar-refractivity contribution in [3.8, 4) is 0 Å². The van der Waals surface area contributed by atoms with Gasteiger partial charge in [-0.3, -0.25) is 0 Å². The van der Waals surface area contributed by atoms with Crippen molar-refractivity contribution >= 4 is 34.3 Å². The van der Waals surface area contributed by atoms with Crippen molar-refractivity contribution < 1.29 is 14.4 Å². The summed E-state index contributed by atoms with van der Waals surface area (Å²) in [4.78, 5) is 31.3. The summed E-state index contributed by atoms with van der Waals surface area (Å²) in [6.45, 7) is 0. The van der Waals surface area contributed by atoms with Gasteiger partial charge in [-0.25, -0.2) is 0 Å². The van der Waals surface area contributed by atoms with E-state index in [1.165, 1.54) is 6.08 Å². The first-order chi connectivity index (χ1) is 6.24. The van der Waals surface area contributed by atoms with E-state index in [9.17, 15) is 14.4 Å². The van der Waals surface area contributed by atoms with Crippen molar-refractivity contribution in [1.82, 2.24) is 0 Å². The second-order valence-corrected chi connectivity index (χ2v) is 5.27. The van der Waals surface area contributed by atoms with Crippen LogP contribution in [-0.2, 0) is 14.4 Å². The Morgan fingerprint density at radius 1 is 1.15 bits per heavy atom.